The number of hydrogen-bond acceptors (Lipinski definition) is 8. The van der Waals surface area contributed by atoms with Crippen LogP contribution in [0.3, 0.4) is 0 Å². The van der Waals surface area contributed by atoms with Gasteiger partial charge in [-0.2, -0.15) is 0 Å². The van der Waals surface area contributed by atoms with Crippen molar-refractivity contribution in [3.8, 4) is 11.5 Å². The highest BCUT2D eigenvalue weighted by molar-refractivity contribution is 5.87. The molecule has 4 atom stereocenters. The van der Waals surface area contributed by atoms with Crippen LogP contribution in [0.1, 0.15) is 38.8 Å². The van der Waals surface area contributed by atoms with Gasteiger partial charge in [-0.05, 0) is 49.2 Å². The van der Waals surface area contributed by atoms with Gasteiger partial charge in [0.15, 0.2) is 12.2 Å². The van der Waals surface area contributed by atoms with Crippen molar-refractivity contribution in [1.29, 1.82) is 0 Å². The van der Waals surface area contributed by atoms with Crippen molar-refractivity contribution in [3.63, 3.8) is 0 Å². The monoisotopic (exact) mass is 508 g/mol. The molecule has 8 nitrogen and oxygen atoms in total. The molecule has 0 spiro atoms. The molecule has 0 N–H and O–H groups in total. The van der Waals surface area contributed by atoms with E-state index in [4.69, 9.17) is 28.4 Å². The van der Waals surface area contributed by atoms with Crippen LogP contribution in [0.15, 0.2) is 72.8 Å². The zero-order chi connectivity index (χ0) is 26.7. The van der Waals surface area contributed by atoms with E-state index in [1.807, 2.05) is 48.5 Å². The summed E-state index contributed by atoms with van der Waals surface area (Å²) in [6.07, 6.45) is -1.70. The van der Waals surface area contributed by atoms with Gasteiger partial charge < -0.3 is 28.4 Å². The molecule has 2 aromatic carbocycles. The van der Waals surface area contributed by atoms with Crippen molar-refractivity contribution in [3.05, 3.63) is 84.0 Å². The average Bonchev–Trinajstić information content (AvgIpc) is 3.79. The molecule has 196 valence electrons. The van der Waals surface area contributed by atoms with Crippen LogP contribution in [0.25, 0.3) is 0 Å². The zero-order valence-corrected chi connectivity index (χ0v) is 21.5. The molecule has 2 aliphatic rings. The second-order valence-corrected chi connectivity index (χ2v) is 9.75. The smallest absolute Gasteiger partial charge is 0.335 e. The number of rotatable bonds is 12. The van der Waals surface area contributed by atoms with Crippen LogP contribution in [0, 0.1) is 0 Å². The molecule has 0 bridgehead atoms. The lowest BCUT2D eigenvalue weighted by atomic mass is 9.78. The average molecular weight is 509 g/mol. The lowest BCUT2D eigenvalue weighted by molar-refractivity contribution is -0.144. The lowest BCUT2D eigenvalue weighted by Gasteiger charge is -2.26. The standard InChI is InChI=1S/C29H32O8/c1-17(2)25(30)36-27-23(34-27)15-32-21-11-7-19(8-12-21)29(5,6)20-9-13-22(14-10-20)33-16-24-28(35-24)37-26(31)18(3)4/h7-14,23-24,27-28H,1,3,15-16H2,2,4-6H3. The van der Waals surface area contributed by atoms with E-state index in [1.54, 1.807) is 13.8 Å². The molecule has 0 radical (unpaired) electrons. The van der Waals surface area contributed by atoms with E-state index in [1.165, 1.54) is 0 Å². The molecule has 2 fully saturated rings. The molecular formula is C29H32O8. The van der Waals surface area contributed by atoms with Gasteiger partial charge in [0.1, 0.15) is 24.7 Å². The van der Waals surface area contributed by atoms with Crippen LogP contribution in [0.5, 0.6) is 11.5 Å². The molecule has 37 heavy (non-hydrogen) atoms. The Labute approximate surface area is 216 Å². The number of ether oxygens (including phenoxy) is 6. The van der Waals surface area contributed by atoms with E-state index in [0.29, 0.717) is 35.9 Å². The Balaban J connectivity index is 1.24. The quantitative estimate of drug-likeness (QED) is 0.236. The summed E-state index contributed by atoms with van der Waals surface area (Å²) in [4.78, 5) is 23.1. The Morgan fingerprint density at radius 3 is 1.41 bits per heavy atom. The highest BCUT2D eigenvalue weighted by Gasteiger charge is 2.44. The van der Waals surface area contributed by atoms with Gasteiger partial charge >= 0.3 is 11.9 Å². The molecule has 2 aliphatic heterocycles. The van der Waals surface area contributed by atoms with Gasteiger partial charge in [-0.15, -0.1) is 0 Å². The van der Waals surface area contributed by atoms with Gasteiger partial charge in [0.05, 0.1) is 0 Å². The fourth-order valence-corrected chi connectivity index (χ4v) is 3.57. The van der Waals surface area contributed by atoms with Gasteiger partial charge in [0, 0.05) is 16.6 Å². The first kappa shape index (κ1) is 26.4. The Morgan fingerprint density at radius 1 is 0.730 bits per heavy atom. The third kappa shape index (κ3) is 6.78. The minimum atomic E-state index is -0.577. The van der Waals surface area contributed by atoms with E-state index in [2.05, 4.69) is 27.0 Å². The summed E-state index contributed by atoms with van der Waals surface area (Å²) in [5.41, 5.74) is 2.66. The number of carbonyl (C=O) groups excluding carboxylic acids is 2. The third-order valence-corrected chi connectivity index (χ3v) is 6.20. The summed E-state index contributed by atoms with van der Waals surface area (Å²) in [7, 11) is 0. The van der Waals surface area contributed by atoms with E-state index in [-0.39, 0.29) is 17.6 Å². The Morgan fingerprint density at radius 2 is 1.08 bits per heavy atom. The van der Waals surface area contributed by atoms with Gasteiger partial charge in [-0.3, -0.25) is 0 Å². The fourth-order valence-electron chi connectivity index (χ4n) is 3.57. The first-order chi connectivity index (χ1) is 17.5. The summed E-state index contributed by atoms with van der Waals surface area (Å²) >= 11 is 0. The highest BCUT2D eigenvalue weighted by atomic mass is 16.8. The first-order valence-corrected chi connectivity index (χ1v) is 12.0. The maximum absolute atomic E-state index is 11.5. The SMILES string of the molecule is C=C(C)C(=O)OC1OC1COc1ccc(C(C)(C)c2ccc(OCC3OC3OC(=O)C(=C)C)cc2)cc1. The van der Waals surface area contributed by atoms with Crippen molar-refractivity contribution in [2.24, 2.45) is 0 Å². The number of epoxide rings is 2. The Bertz CT molecular complexity index is 1070. The second-order valence-electron chi connectivity index (χ2n) is 9.75. The molecule has 8 heteroatoms. The van der Waals surface area contributed by atoms with Crippen molar-refractivity contribution < 1.29 is 38.0 Å². The third-order valence-electron chi connectivity index (χ3n) is 6.20. The molecule has 4 rings (SSSR count). The van der Waals surface area contributed by atoms with E-state index in [0.717, 1.165) is 11.1 Å². The van der Waals surface area contributed by atoms with Crippen LogP contribution in [0.2, 0.25) is 0 Å². The summed E-state index contributed by atoms with van der Waals surface area (Å²) in [5, 5.41) is 0. The molecule has 2 aromatic rings. The predicted molar refractivity (Wildman–Crippen MR) is 135 cm³/mol. The number of hydrogen-bond donors (Lipinski definition) is 0. The van der Waals surface area contributed by atoms with E-state index >= 15 is 0 Å². The topological polar surface area (TPSA) is 96.1 Å². The predicted octanol–water partition coefficient (Wildman–Crippen LogP) is 4.46. The minimum absolute atomic E-state index is 0.250. The lowest BCUT2D eigenvalue weighted by Crippen LogP contribution is -2.19. The molecule has 0 aromatic heterocycles. The maximum atomic E-state index is 11.5. The van der Waals surface area contributed by atoms with Crippen molar-refractivity contribution in [2.45, 2.75) is 57.9 Å². The molecule has 0 saturated carbocycles. The van der Waals surface area contributed by atoms with Crippen LogP contribution in [0.4, 0.5) is 0 Å². The number of benzene rings is 2. The molecule has 0 amide bonds. The van der Waals surface area contributed by atoms with E-state index in [9.17, 15) is 9.59 Å². The van der Waals surface area contributed by atoms with Crippen molar-refractivity contribution in [2.75, 3.05) is 13.2 Å². The molecule has 2 saturated heterocycles. The molecule has 0 aliphatic carbocycles. The summed E-state index contributed by atoms with van der Waals surface area (Å²) in [6.45, 7) is 15.2. The van der Waals surface area contributed by atoms with E-state index < -0.39 is 24.5 Å². The maximum Gasteiger partial charge on any atom is 0.335 e. The first-order valence-electron chi connectivity index (χ1n) is 12.0. The van der Waals surface area contributed by atoms with Gasteiger partial charge in [-0.1, -0.05) is 51.3 Å². The molecule has 4 unspecified atom stereocenters. The Kier molecular flexibility index (Phi) is 7.71. The number of esters is 2. The molecular weight excluding hydrogens is 476 g/mol. The second kappa shape index (κ2) is 10.8. The van der Waals surface area contributed by atoms with Crippen LogP contribution < -0.4 is 9.47 Å². The normalized spacial score (nSPS) is 21.9. The molecule has 2 heterocycles. The van der Waals surface area contributed by atoms with Gasteiger partial charge in [0.2, 0.25) is 12.6 Å². The van der Waals surface area contributed by atoms with Crippen molar-refractivity contribution >= 4 is 11.9 Å². The van der Waals surface area contributed by atoms with Crippen LogP contribution in [-0.4, -0.2) is 49.9 Å². The van der Waals surface area contributed by atoms with Gasteiger partial charge in [0.25, 0.3) is 0 Å². The largest absolute Gasteiger partial charge is 0.491 e. The fraction of sp³-hybridized carbons (Fsp3) is 0.379. The summed E-state index contributed by atoms with van der Waals surface area (Å²) < 4.78 is 32.5. The minimum Gasteiger partial charge on any atom is -0.491 e. The summed E-state index contributed by atoms with van der Waals surface area (Å²) in [5.74, 6) is 0.480. The van der Waals surface area contributed by atoms with Gasteiger partial charge in [-0.25, -0.2) is 9.59 Å². The Hall–Kier alpha value is -3.62. The van der Waals surface area contributed by atoms with Crippen LogP contribution in [-0.2, 0) is 34.0 Å². The number of carbonyl (C=O) groups is 2. The highest BCUT2D eigenvalue weighted by Crippen LogP contribution is 2.34. The van der Waals surface area contributed by atoms with Crippen molar-refractivity contribution in [1.82, 2.24) is 0 Å². The summed E-state index contributed by atoms with van der Waals surface area (Å²) in [6, 6.07) is 15.8. The van der Waals surface area contributed by atoms with Crippen LogP contribution >= 0.6 is 0 Å². The zero-order valence-electron chi connectivity index (χ0n) is 21.5.